The number of unbranched alkanes of at least 4 members (excludes halogenated alkanes) is 3. The second-order valence-electron chi connectivity index (χ2n) is 5.98. The van der Waals surface area contributed by atoms with Crippen molar-refractivity contribution in [2.45, 2.75) is 52.4 Å². The van der Waals surface area contributed by atoms with Gasteiger partial charge in [0.05, 0.1) is 0 Å². The minimum atomic E-state index is -0.516. The van der Waals surface area contributed by atoms with E-state index < -0.39 is 5.82 Å². The van der Waals surface area contributed by atoms with Crippen molar-refractivity contribution in [1.82, 2.24) is 0 Å². The maximum absolute atomic E-state index is 14.1. The molecule has 24 heavy (non-hydrogen) atoms. The zero-order valence-electron chi connectivity index (χ0n) is 14.5. The number of halogens is 1. The number of Topliss-reactive ketones (excluding diaryl/α,β-unsaturated/α-hetero) is 1. The Morgan fingerprint density at radius 1 is 1.00 bits per heavy atom. The molecule has 0 amide bonds. The predicted octanol–water partition coefficient (Wildman–Crippen LogP) is 6.33. The topological polar surface area (TPSA) is 26.3 Å². The number of hydrogen-bond donors (Lipinski definition) is 0. The summed E-state index contributed by atoms with van der Waals surface area (Å²) in [6.07, 6.45) is 6.37. The molecule has 0 aliphatic heterocycles. The summed E-state index contributed by atoms with van der Waals surface area (Å²) in [5, 5.41) is 0. The number of carbonyl (C=O) groups is 1. The molecule has 0 atom stereocenters. The SMILES string of the molecule is CCCCCCc1ccc(Oc2ccc(C(=O)CC)cc2F)cc1. The molecule has 0 fully saturated rings. The van der Waals surface area contributed by atoms with E-state index in [0.29, 0.717) is 17.7 Å². The minimum absolute atomic E-state index is 0.0760. The van der Waals surface area contributed by atoms with E-state index in [9.17, 15) is 9.18 Å². The van der Waals surface area contributed by atoms with Crippen LogP contribution in [0.15, 0.2) is 42.5 Å². The molecule has 0 bridgehead atoms. The number of ketones is 1. The van der Waals surface area contributed by atoms with Gasteiger partial charge >= 0.3 is 0 Å². The Balaban J connectivity index is 1.97. The van der Waals surface area contributed by atoms with Gasteiger partial charge in [-0.2, -0.15) is 0 Å². The molecular formula is C21H25FO2. The van der Waals surface area contributed by atoms with Gasteiger partial charge in [-0.25, -0.2) is 4.39 Å². The van der Waals surface area contributed by atoms with Gasteiger partial charge in [0.25, 0.3) is 0 Å². The zero-order valence-corrected chi connectivity index (χ0v) is 14.5. The second kappa shape index (κ2) is 9.21. The highest BCUT2D eigenvalue weighted by Crippen LogP contribution is 2.26. The Morgan fingerprint density at radius 2 is 1.75 bits per heavy atom. The molecule has 0 radical (unpaired) electrons. The van der Waals surface area contributed by atoms with Crippen LogP contribution in [-0.4, -0.2) is 5.78 Å². The van der Waals surface area contributed by atoms with Crippen LogP contribution in [0.3, 0.4) is 0 Å². The van der Waals surface area contributed by atoms with Gasteiger partial charge in [-0.05, 0) is 48.7 Å². The molecule has 2 aromatic carbocycles. The highest BCUT2D eigenvalue weighted by Gasteiger charge is 2.10. The average Bonchev–Trinajstić information content (AvgIpc) is 2.61. The van der Waals surface area contributed by atoms with Crippen molar-refractivity contribution in [2.24, 2.45) is 0 Å². The molecule has 0 aromatic heterocycles. The molecule has 0 N–H and O–H groups in total. The van der Waals surface area contributed by atoms with E-state index in [4.69, 9.17) is 4.74 Å². The van der Waals surface area contributed by atoms with Crippen LogP contribution < -0.4 is 4.74 Å². The molecule has 0 saturated carbocycles. The normalized spacial score (nSPS) is 10.6. The lowest BCUT2D eigenvalue weighted by Gasteiger charge is -2.09. The molecular weight excluding hydrogens is 303 g/mol. The van der Waals surface area contributed by atoms with Crippen LogP contribution in [0.2, 0.25) is 0 Å². The standard InChI is InChI=1S/C21H25FO2/c1-3-5-6-7-8-16-9-12-18(13-10-16)24-21-14-11-17(15-19(21)22)20(23)4-2/h9-15H,3-8H2,1-2H3. The van der Waals surface area contributed by atoms with Gasteiger partial charge in [0.1, 0.15) is 5.75 Å². The Bertz CT molecular complexity index is 662. The molecule has 0 unspecified atom stereocenters. The molecule has 128 valence electrons. The van der Waals surface area contributed by atoms with Crippen LogP contribution in [0.5, 0.6) is 11.5 Å². The van der Waals surface area contributed by atoms with E-state index in [0.717, 1.165) is 6.42 Å². The number of carbonyl (C=O) groups excluding carboxylic acids is 1. The van der Waals surface area contributed by atoms with Crippen LogP contribution in [0.1, 0.15) is 61.9 Å². The largest absolute Gasteiger partial charge is 0.454 e. The number of rotatable bonds is 9. The van der Waals surface area contributed by atoms with E-state index in [1.807, 2.05) is 24.3 Å². The summed E-state index contributed by atoms with van der Waals surface area (Å²) < 4.78 is 19.7. The Kier molecular flexibility index (Phi) is 6.98. The number of aryl methyl sites for hydroxylation is 1. The van der Waals surface area contributed by atoms with Crippen LogP contribution in [-0.2, 0) is 6.42 Å². The van der Waals surface area contributed by atoms with Crippen molar-refractivity contribution < 1.29 is 13.9 Å². The highest BCUT2D eigenvalue weighted by atomic mass is 19.1. The van der Waals surface area contributed by atoms with Gasteiger partial charge in [0, 0.05) is 12.0 Å². The van der Waals surface area contributed by atoms with Crippen molar-refractivity contribution in [3.63, 3.8) is 0 Å². The van der Waals surface area contributed by atoms with Crippen molar-refractivity contribution in [3.8, 4) is 11.5 Å². The summed E-state index contributed by atoms with van der Waals surface area (Å²) in [6.45, 7) is 3.96. The Hall–Kier alpha value is -2.16. The average molecular weight is 328 g/mol. The summed E-state index contributed by atoms with van der Waals surface area (Å²) in [6, 6.07) is 12.1. The fraction of sp³-hybridized carbons (Fsp3) is 0.381. The third-order valence-electron chi connectivity index (χ3n) is 4.05. The third-order valence-corrected chi connectivity index (χ3v) is 4.05. The summed E-state index contributed by atoms with van der Waals surface area (Å²) >= 11 is 0. The first-order valence-electron chi connectivity index (χ1n) is 8.73. The molecule has 2 nitrogen and oxygen atoms in total. The molecule has 0 spiro atoms. The molecule has 0 aliphatic carbocycles. The second-order valence-corrected chi connectivity index (χ2v) is 5.98. The van der Waals surface area contributed by atoms with Crippen molar-refractivity contribution in [2.75, 3.05) is 0 Å². The van der Waals surface area contributed by atoms with Gasteiger partial charge in [0.2, 0.25) is 0 Å². The van der Waals surface area contributed by atoms with E-state index >= 15 is 0 Å². The van der Waals surface area contributed by atoms with Crippen molar-refractivity contribution in [3.05, 3.63) is 59.4 Å². The van der Waals surface area contributed by atoms with Crippen molar-refractivity contribution >= 4 is 5.78 Å². The van der Waals surface area contributed by atoms with Gasteiger partial charge in [-0.3, -0.25) is 4.79 Å². The van der Waals surface area contributed by atoms with Gasteiger partial charge in [-0.15, -0.1) is 0 Å². The molecule has 2 rings (SSSR count). The summed E-state index contributed by atoms with van der Waals surface area (Å²) in [7, 11) is 0. The van der Waals surface area contributed by atoms with Crippen LogP contribution >= 0.6 is 0 Å². The molecule has 2 aromatic rings. The van der Waals surface area contributed by atoms with Crippen LogP contribution in [0.4, 0.5) is 4.39 Å². The number of benzene rings is 2. The summed E-state index contributed by atoms with van der Waals surface area (Å²) in [5.74, 6) is 0.143. The molecule has 0 aliphatic rings. The van der Waals surface area contributed by atoms with Gasteiger partial charge in [0.15, 0.2) is 17.3 Å². The molecule has 3 heteroatoms. The maximum Gasteiger partial charge on any atom is 0.166 e. The van der Waals surface area contributed by atoms with Gasteiger partial charge < -0.3 is 4.74 Å². The fourth-order valence-corrected chi connectivity index (χ4v) is 2.57. The first-order chi connectivity index (χ1) is 11.6. The quantitative estimate of drug-likeness (QED) is 0.397. The lowest BCUT2D eigenvalue weighted by molar-refractivity contribution is 0.0987. The molecule has 0 heterocycles. The monoisotopic (exact) mass is 328 g/mol. The smallest absolute Gasteiger partial charge is 0.166 e. The number of hydrogen-bond acceptors (Lipinski definition) is 2. The van der Waals surface area contributed by atoms with Crippen LogP contribution in [0, 0.1) is 5.82 Å². The predicted molar refractivity (Wildman–Crippen MR) is 95.4 cm³/mol. The first-order valence-corrected chi connectivity index (χ1v) is 8.73. The zero-order chi connectivity index (χ0) is 17.4. The van der Waals surface area contributed by atoms with Crippen molar-refractivity contribution in [1.29, 1.82) is 0 Å². The lowest BCUT2D eigenvalue weighted by atomic mass is 10.1. The maximum atomic E-state index is 14.1. The van der Waals surface area contributed by atoms with Crippen LogP contribution in [0.25, 0.3) is 0 Å². The molecule has 0 saturated heterocycles. The van der Waals surface area contributed by atoms with E-state index in [1.165, 1.54) is 43.4 Å². The first kappa shape index (κ1) is 18.2. The summed E-state index contributed by atoms with van der Waals surface area (Å²) in [4.78, 5) is 11.6. The third kappa shape index (κ3) is 5.19. The Labute approximate surface area is 143 Å². The fourth-order valence-electron chi connectivity index (χ4n) is 2.57. The Morgan fingerprint density at radius 3 is 2.38 bits per heavy atom. The highest BCUT2D eigenvalue weighted by molar-refractivity contribution is 5.95. The van der Waals surface area contributed by atoms with E-state index in [2.05, 4.69) is 6.92 Å². The van der Waals surface area contributed by atoms with E-state index in [-0.39, 0.29) is 11.5 Å². The number of ether oxygens (including phenoxy) is 1. The van der Waals surface area contributed by atoms with E-state index in [1.54, 1.807) is 13.0 Å². The lowest BCUT2D eigenvalue weighted by Crippen LogP contribution is -1.98. The summed E-state index contributed by atoms with van der Waals surface area (Å²) in [5.41, 5.74) is 1.65. The minimum Gasteiger partial charge on any atom is -0.454 e. The van der Waals surface area contributed by atoms with Gasteiger partial charge in [-0.1, -0.05) is 45.2 Å².